The van der Waals surface area contributed by atoms with Crippen molar-refractivity contribution in [3.8, 4) is 11.4 Å². The normalized spacial score (nSPS) is 14.6. The predicted octanol–water partition coefficient (Wildman–Crippen LogP) is 3.02. The molecule has 230 valence electrons. The average Bonchev–Trinajstić information content (AvgIpc) is 3.60. The molecule has 0 radical (unpaired) electrons. The number of carbonyl (C=O) groups is 3. The van der Waals surface area contributed by atoms with Crippen LogP contribution in [-0.4, -0.2) is 64.0 Å². The van der Waals surface area contributed by atoms with E-state index in [1.54, 1.807) is 13.8 Å². The van der Waals surface area contributed by atoms with Crippen LogP contribution < -0.4 is 15.8 Å². The van der Waals surface area contributed by atoms with Crippen molar-refractivity contribution in [2.75, 3.05) is 19.0 Å². The lowest BCUT2D eigenvalue weighted by molar-refractivity contribution is 0.0696. The largest absolute Gasteiger partial charge is 0.495 e. The fourth-order valence-electron chi connectivity index (χ4n) is 5.10. The Kier molecular flexibility index (Phi) is 7.51. The molecule has 13 nitrogen and oxygen atoms in total. The van der Waals surface area contributed by atoms with Crippen molar-refractivity contribution in [2.45, 2.75) is 30.7 Å². The molecule has 0 atom stereocenters. The summed E-state index contributed by atoms with van der Waals surface area (Å²) < 4.78 is 62.4. The van der Waals surface area contributed by atoms with Gasteiger partial charge in [0.2, 0.25) is 15.9 Å². The number of fused-ring (bicyclic) bond motifs is 1. The number of nitrogens with zero attached hydrogens (tertiary/aromatic N) is 3. The van der Waals surface area contributed by atoms with E-state index in [9.17, 15) is 36.7 Å². The van der Waals surface area contributed by atoms with Crippen molar-refractivity contribution in [1.29, 1.82) is 0 Å². The first-order valence-corrected chi connectivity index (χ1v) is 14.3. The van der Waals surface area contributed by atoms with Crippen molar-refractivity contribution < 1.29 is 41.4 Å². The first-order valence-electron chi connectivity index (χ1n) is 12.9. The third-order valence-electron chi connectivity index (χ3n) is 7.20. The second-order valence-electron chi connectivity index (χ2n) is 10.7. The van der Waals surface area contributed by atoms with Gasteiger partial charge in [-0.25, -0.2) is 22.0 Å². The molecule has 0 spiro atoms. The zero-order valence-corrected chi connectivity index (χ0v) is 24.3. The first-order chi connectivity index (χ1) is 20.6. The maximum atomic E-state index is 13.9. The van der Waals surface area contributed by atoms with Gasteiger partial charge in [-0.3, -0.25) is 14.7 Å². The van der Waals surface area contributed by atoms with Crippen molar-refractivity contribution >= 4 is 33.6 Å². The van der Waals surface area contributed by atoms with Crippen molar-refractivity contribution in [3.63, 3.8) is 0 Å². The summed E-state index contributed by atoms with van der Waals surface area (Å²) in [6, 6.07) is 5.86. The third kappa shape index (κ3) is 5.40. The van der Waals surface area contributed by atoms with Gasteiger partial charge in [-0.1, -0.05) is 13.8 Å². The number of hydrogen-bond acceptors (Lipinski definition) is 7. The number of nitrogens with two attached hydrogens (primary N) is 1. The van der Waals surface area contributed by atoms with Gasteiger partial charge < -0.3 is 25.5 Å². The highest BCUT2D eigenvalue weighted by Crippen LogP contribution is 2.38. The number of hydrogen-bond donors (Lipinski definition) is 4. The van der Waals surface area contributed by atoms with E-state index in [1.807, 2.05) is 0 Å². The number of carboxylic acid groups (broad SMARTS) is 1. The van der Waals surface area contributed by atoms with Crippen molar-refractivity contribution in [2.24, 2.45) is 5.73 Å². The second kappa shape index (κ2) is 10.9. The lowest BCUT2D eigenvalue weighted by Gasteiger charge is -2.36. The second-order valence-corrected chi connectivity index (χ2v) is 12.6. The predicted molar refractivity (Wildman–Crippen MR) is 151 cm³/mol. The van der Waals surface area contributed by atoms with Gasteiger partial charge in [0.1, 0.15) is 17.4 Å². The molecule has 5 N–H and O–H groups in total. The molecular weight excluding hydrogens is 602 g/mol. The molecule has 2 aromatic heterocycles. The molecule has 0 bridgehead atoms. The fourth-order valence-corrected chi connectivity index (χ4v) is 6.72. The summed E-state index contributed by atoms with van der Waals surface area (Å²) in [5.74, 6) is -5.02. The van der Waals surface area contributed by atoms with Crippen LogP contribution in [0.1, 0.15) is 56.2 Å². The van der Waals surface area contributed by atoms with Gasteiger partial charge >= 0.3 is 5.97 Å². The summed E-state index contributed by atoms with van der Waals surface area (Å²) in [7, 11) is -3.06. The lowest BCUT2D eigenvalue weighted by Crippen LogP contribution is -2.45. The number of nitrogens with one attached hydrogen (secondary N) is 2. The topological polar surface area (TPSA) is 190 Å². The van der Waals surface area contributed by atoms with Crippen molar-refractivity contribution in [3.05, 3.63) is 88.4 Å². The molecule has 1 aliphatic rings. The Morgan fingerprint density at radius 3 is 2.39 bits per heavy atom. The number of benzene rings is 2. The number of sulfonamides is 1. The Morgan fingerprint density at radius 1 is 1.11 bits per heavy atom. The van der Waals surface area contributed by atoms with Gasteiger partial charge in [0, 0.05) is 48.2 Å². The van der Waals surface area contributed by atoms with Gasteiger partial charge in [0.05, 0.1) is 34.4 Å². The standard InChI is InChI=1S/C28H26F2N6O7S/c1-28(2)13-36(44(41,42)17-7-15(29)6-16(30)8-17)12-20-23(28)33-34-25(20)32-26(38)19-9-21(22(43-3)10-18(19)24(31)37)35-5-4-14(11-35)27(39)40/h4-11H,12-13H2,1-3H3,(H2,31,37)(H,39,40)(H2,32,33,34,38). The summed E-state index contributed by atoms with van der Waals surface area (Å²) in [6.45, 7) is 3.09. The summed E-state index contributed by atoms with van der Waals surface area (Å²) in [4.78, 5) is 36.8. The minimum atomic E-state index is -4.38. The fraction of sp³-hybridized carbons (Fsp3) is 0.214. The van der Waals surface area contributed by atoms with E-state index in [4.69, 9.17) is 10.5 Å². The van der Waals surface area contributed by atoms with Crippen LogP contribution in [0.25, 0.3) is 5.69 Å². The van der Waals surface area contributed by atoms with Crippen molar-refractivity contribution in [1.82, 2.24) is 19.1 Å². The quantitative estimate of drug-likeness (QED) is 0.229. The number of H-pyrrole nitrogens is 1. The summed E-state index contributed by atoms with van der Waals surface area (Å²) in [5, 5.41) is 18.9. The average molecular weight is 629 g/mol. The van der Waals surface area contributed by atoms with E-state index in [-0.39, 0.29) is 47.0 Å². The Hall–Kier alpha value is -5.09. The van der Waals surface area contributed by atoms with E-state index >= 15 is 0 Å². The van der Waals surface area contributed by atoms with Crippen LogP contribution in [0.3, 0.4) is 0 Å². The molecule has 44 heavy (non-hydrogen) atoms. The van der Waals surface area contributed by atoms with E-state index in [2.05, 4.69) is 15.5 Å². The molecule has 0 aliphatic carbocycles. The number of rotatable bonds is 8. The van der Waals surface area contributed by atoms with Crippen LogP contribution in [0.4, 0.5) is 14.6 Å². The van der Waals surface area contributed by atoms with Gasteiger partial charge in [-0.05, 0) is 30.3 Å². The van der Waals surface area contributed by atoms with Crippen LogP contribution in [0.2, 0.25) is 0 Å². The third-order valence-corrected chi connectivity index (χ3v) is 8.97. The van der Waals surface area contributed by atoms with Crippen LogP contribution >= 0.6 is 0 Å². The first kappa shape index (κ1) is 30.4. The summed E-state index contributed by atoms with van der Waals surface area (Å²) >= 11 is 0. The van der Waals surface area contributed by atoms with Gasteiger partial charge in [0.25, 0.3) is 5.91 Å². The highest BCUT2D eigenvalue weighted by molar-refractivity contribution is 7.89. The number of amides is 2. The van der Waals surface area contributed by atoms with Gasteiger partial charge in [-0.15, -0.1) is 0 Å². The minimum absolute atomic E-state index is 0.0386. The zero-order valence-electron chi connectivity index (χ0n) is 23.5. The zero-order chi connectivity index (χ0) is 32.1. The van der Waals surface area contributed by atoms with E-state index in [0.717, 1.165) is 16.4 Å². The lowest BCUT2D eigenvalue weighted by atomic mass is 9.84. The molecule has 0 fully saturated rings. The molecular formula is C28H26F2N6O7S. The number of aromatic carboxylic acids is 1. The summed E-state index contributed by atoms with van der Waals surface area (Å²) in [5.41, 5.74) is 5.27. The van der Waals surface area contributed by atoms with Crippen LogP contribution in [0.5, 0.6) is 5.75 Å². The van der Waals surface area contributed by atoms with E-state index < -0.39 is 49.8 Å². The number of aromatic nitrogens is 3. The Balaban J connectivity index is 1.53. The molecule has 3 heterocycles. The number of aromatic amines is 1. The number of carbonyl (C=O) groups excluding carboxylic acids is 2. The highest BCUT2D eigenvalue weighted by atomic mass is 32.2. The van der Waals surface area contributed by atoms with Gasteiger partial charge in [0.15, 0.2) is 5.82 Å². The highest BCUT2D eigenvalue weighted by Gasteiger charge is 2.41. The molecule has 16 heteroatoms. The Labute approximate surface area is 249 Å². The SMILES string of the molecule is COc1cc(C(N)=O)c(C(=O)Nc2n[nH]c3c2CN(S(=O)(=O)c2cc(F)cc(F)c2)CC3(C)C)cc1-n1ccc(C(=O)O)c1. The number of halogens is 2. The minimum Gasteiger partial charge on any atom is -0.495 e. The molecule has 2 aromatic carbocycles. The van der Waals surface area contributed by atoms with E-state index in [1.165, 1.54) is 42.3 Å². The maximum Gasteiger partial charge on any atom is 0.337 e. The van der Waals surface area contributed by atoms with Crippen LogP contribution in [0.15, 0.2) is 53.7 Å². The molecule has 0 saturated carbocycles. The molecule has 4 aromatic rings. The number of ether oxygens (including phenoxy) is 1. The van der Waals surface area contributed by atoms with Crippen LogP contribution in [-0.2, 0) is 22.0 Å². The maximum absolute atomic E-state index is 13.9. The number of methoxy groups -OCH3 is 1. The molecule has 2 amide bonds. The number of anilines is 1. The number of primary amides is 1. The summed E-state index contributed by atoms with van der Waals surface area (Å²) in [6.07, 6.45) is 2.72. The Bertz CT molecular complexity index is 1930. The molecule has 1 aliphatic heterocycles. The number of carboxylic acids is 1. The molecule has 0 saturated heterocycles. The molecule has 5 rings (SSSR count). The smallest absolute Gasteiger partial charge is 0.337 e. The Morgan fingerprint density at radius 2 is 1.80 bits per heavy atom. The van der Waals surface area contributed by atoms with E-state index in [0.29, 0.717) is 17.3 Å². The monoisotopic (exact) mass is 628 g/mol. The van der Waals surface area contributed by atoms with Gasteiger partial charge in [-0.2, -0.15) is 9.40 Å². The van der Waals surface area contributed by atoms with Crippen LogP contribution in [0, 0.1) is 11.6 Å². The molecule has 0 unspecified atom stereocenters.